The number of hydrogen-bond acceptors (Lipinski definition) is 4. The van der Waals surface area contributed by atoms with Crippen molar-refractivity contribution in [1.29, 1.82) is 0 Å². The largest absolute Gasteiger partial charge is 0.354 e. The number of ketones is 1. The van der Waals surface area contributed by atoms with E-state index in [9.17, 15) is 14.4 Å². The molecular formula is C14H26N2O3S. The zero-order valence-electron chi connectivity index (χ0n) is 12.8. The van der Waals surface area contributed by atoms with Crippen molar-refractivity contribution >= 4 is 29.4 Å². The van der Waals surface area contributed by atoms with Crippen molar-refractivity contribution < 1.29 is 14.4 Å². The first kappa shape index (κ1) is 19.0. The predicted octanol–water partition coefficient (Wildman–Crippen LogP) is 1.37. The van der Waals surface area contributed by atoms with Crippen LogP contribution in [0.25, 0.3) is 0 Å². The lowest BCUT2D eigenvalue weighted by atomic mass is 10.1. The Labute approximate surface area is 125 Å². The third-order valence-corrected chi connectivity index (χ3v) is 3.67. The van der Waals surface area contributed by atoms with Gasteiger partial charge in [0.15, 0.2) is 0 Å². The Morgan fingerprint density at radius 3 is 2.15 bits per heavy atom. The lowest BCUT2D eigenvalue weighted by Crippen LogP contribution is -2.38. The zero-order chi connectivity index (χ0) is 15.5. The van der Waals surface area contributed by atoms with Crippen LogP contribution in [-0.2, 0) is 14.4 Å². The lowest BCUT2D eigenvalue weighted by molar-refractivity contribution is -0.126. The van der Waals surface area contributed by atoms with Crippen LogP contribution in [0.2, 0.25) is 0 Å². The lowest BCUT2D eigenvalue weighted by Gasteiger charge is -2.08. The van der Waals surface area contributed by atoms with E-state index in [4.69, 9.17) is 0 Å². The zero-order valence-corrected chi connectivity index (χ0v) is 13.6. The molecule has 0 saturated heterocycles. The summed E-state index contributed by atoms with van der Waals surface area (Å²) in [5.74, 6) is 0.497. The molecule has 0 fully saturated rings. The summed E-state index contributed by atoms with van der Waals surface area (Å²) in [6, 6.07) is 0. The van der Waals surface area contributed by atoms with Crippen molar-refractivity contribution in [3.8, 4) is 0 Å². The Morgan fingerprint density at radius 2 is 1.60 bits per heavy atom. The Morgan fingerprint density at radius 1 is 0.950 bits per heavy atom. The van der Waals surface area contributed by atoms with Gasteiger partial charge in [0.2, 0.25) is 11.8 Å². The molecule has 0 atom stereocenters. The van der Waals surface area contributed by atoms with Gasteiger partial charge in [-0.25, -0.2) is 0 Å². The predicted molar refractivity (Wildman–Crippen MR) is 82.7 cm³/mol. The maximum atomic E-state index is 11.4. The van der Waals surface area contributed by atoms with E-state index in [1.165, 1.54) is 0 Å². The van der Waals surface area contributed by atoms with Crippen LogP contribution in [0.4, 0.5) is 0 Å². The van der Waals surface area contributed by atoms with Gasteiger partial charge in [0.1, 0.15) is 5.78 Å². The Hall–Kier alpha value is -1.04. The number of carbonyl (C=O) groups is 3. The summed E-state index contributed by atoms with van der Waals surface area (Å²) in [5, 5.41) is 5.69. The number of thioether (sulfide) groups is 1. The first-order valence-electron chi connectivity index (χ1n) is 7.00. The van der Waals surface area contributed by atoms with Gasteiger partial charge in [0.25, 0.3) is 0 Å². The van der Waals surface area contributed by atoms with E-state index in [0.717, 1.165) is 5.75 Å². The summed E-state index contributed by atoms with van der Waals surface area (Å²) in [6.45, 7) is 8.12. The number of Topliss-reactive ketones (excluding diaryl/α,β-unsaturated/α-hetero) is 1. The Bertz CT molecular complexity index is 330. The molecule has 5 nitrogen and oxygen atoms in total. The van der Waals surface area contributed by atoms with Gasteiger partial charge in [0, 0.05) is 31.1 Å². The number of nitrogens with one attached hydrogen (secondary N) is 2. The van der Waals surface area contributed by atoms with Crippen molar-refractivity contribution in [2.24, 2.45) is 5.92 Å². The first-order valence-corrected chi connectivity index (χ1v) is 8.05. The summed E-state index contributed by atoms with van der Waals surface area (Å²) in [7, 11) is 0. The quantitative estimate of drug-likeness (QED) is 0.639. The molecule has 20 heavy (non-hydrogen) atoms. The molecule has 0 heterocycles. The van der Waals surface area contributed by atoms with Crippen molar-refractivity contribution in [3.63, 3.8) is 0 Å². The molecular weight excluding hydrogens is 276 g/mol. The topological polar surface area (TPSA) is 75.3 Å². The van der Waals surface area contributed by atoms with Gasteiger partial charge in [-0.15, -0.1) is 0 Å². The van der Waals surface area contributed by atoms with Crippen molar-refractivity contribution in [3.05, 3.63) is 0 Å². The van der Waals surface area contributed by atoms with E-state index in [0.29, 0.717) is 24.6 Å². The molecule has 0 aliphatic heterocycles. The number of hydrogen-bond donors (Lipinski definition) is 2. The maximum absolute atomic E-state index is 11.4. The molecule has 0 unspecified atom stereocenters. The molecule has 0 saturated carbocycles. The fraction of sp³-hybridized carbons (Fsp3) is 0.786. The van der Waals surface area contributed by atoms with Gasteiger partial charge in [0.05, 0.1) is 6.54 Å². The van der Waals surface area contributed by atoms with E-state index >= 15 is 0 Å². The average molecular weight is 302 g/mol. The highest BCUT2D eigenvalue weighted by atomic mass is 32.2. The third-order valence-electron chi connectivity index (χ3n) is 2.56. The Kier molecular flexibility index (Phi) is 10.2. The molecule has 116 valence electrons. The molecule has 0 aliphatic rings. The van der Waals surface area contributed by atoms with Crippen molar-refractivity contribution in [1.82, 2.24) is 10.6 Å². The van der Waals surface area contributed by atoms with E-state index in [2.05, 4.69) is 24.5 Å². The SMILES string of the molecule is CC(C)SCCC(=O)NCC(=O)NCCC(=O)C(C)C. The number of amides is 2. The average Bonchev–Trinajstić information content (AvgIpc) is 2.35. The molecule has 2 amide bonds. The fourth-order valence-electron chi connectivity index (χ4n) is 1.33. The molecule has 0 radical (unpaired) electrons. The second-order valence-electron chi connectivity index (χ2n) is 5.17. The minimum atomic E-state index is -0.258. The molecule has 0 aromatic heterocycles. The first-order chi connectivity index (χ1) is 9.32. The van der Waals surface area contributed by atoms with Gasteiger partial charge < -0.3 is 10.6 Å². The number of carbonyl (C=O) groups excluding carboxylic acids is 3. The minimum absolute atomic E-state index is 0.00920. The molecule has 6 heteroatoms. The highest BCUT2D eigenvalue weighted by molar-refractivity contribution is 7.99. The molecule has 0 aromatic carbocycles. The molecule has 0 spiro atoms. The maximum Gasteiger partial charge on any atom is 0.239 e. The summed E-state index contributed by atoms with van der Waals surface area (Å²) in [5.41, 5.74) is 0. The monoisotopic (exact) mass is 302 g/mol. The van der Waals surface area contributed by atoms with Crippen molar-refractivity contribution in [2.75, 3.05) is 18.8 Å². The van der Waals surface area contributed by atoms with Gasteiger partial charge in [-0.1, -0.05) is 27.7 Å². The van der Waals surface area contributed by atoms with Crippen LogP contribution >= 0.6 is 11.8 Å². The van der Waals surface area contributed by atoms with Gasteiger partial charge in [-0.2, -0.15) is 11.8 Å². The minimum Gasteiger partial charge on any atom is -0.354 e. The van der Waals surface area contributed by atoms with Crippen LogP contribution in [-0.4, -0.2) is 41.7 Å². The second kappa shape index (κ2) is 10.7. The fourth-order valence-corrected chi connectivity index (χ4v) is 2.11. The summed E-state index contributed by atoms with van der Waals surface area (Å²) in [6.07, 6.45) is 0.754. The second-order valence-corrected chi connectivity index (χ2v) is 6.85. The van der Waals surface area contributed by atoms with Gasteiger partial charge >= 0.3 is 0 Å². The third kappa shape index (κ3) is 10.8. The highest BCUT2D eigenvalue weighted by Crippen LogP contribution is 2.09. The van der Waals surface area contributed by atoms with Crippen LogP contribution in [0.5, 0.6) is 0 Å². The van der Waals surface area contributed by atoms with Gasteiger partial charge in [-0.05, 0) is 5.25 Å². The van der Waals surface area contributed by atoms with Crippen LogP contribution < -0.4 is 10.6 Å². The summed E-state index contributed by atoms with van der Waals surface area (Å²) in [4.78, 5) is 34.2. The molecule has 0 rings (SSSR count). The number of rotatable bonds is 10. The van der Waals surface area contributed by atoms with E-state index in [-0.39, 0.29) is 30.1 Å². The summed E-state index contributed by atoms with van der Waals surface area (Å²) >= 11 is 1.71. The van der Waals surface area contributed by atoms with Gasteiger partial charge in [-0.3, -0.25) is 14.4 Å². The molecule has 2 N–H and O–H groups in total. The normalized spacial score (nSPS) is 10.7. The summed E-state index contributed by atoms with van der Waals surface area (Å²) < 4.78 is 0. The van der Waals surface area contributed by atoms with Crippen molar-refractivity contribution in [2.45, 2.75) is 45.8 Å². The van der Waals surface area contributed by atoms with Crippen LogP contribution in [0.3, 0.4) is 0 Å². The van der Waals surface area contributed by atoms with E-state index < -0.39 is 0 Å². The molecule has 0 aromatic rings. The smallest absolute Gasteiger partial charge is 0.239 e. The highest BCUT2D eigenvalue weighted by Gasteiger charge is 2.09. The standard InChI is InChI=1S/C14H26N2O3S/c1-10(2)12(17)5-7-15-14(19)9-16-13(18)6-8-20-11(3)4/h10-11H,5-9H2,1-4H3,(H,15,19)(H,16,18). The molecule has 0 bridgehead atoms. The van der Waals surface area contributed by atoms with Crippen LogP contribution in [0, 0.1) is 5.92 Å². The van der Waals surface area contributed by atoms with E-state index in [1.54, 1.807) is 11.8 Å². The van der Waals surface area contributed by atoms with E-state index in [1.807, 2.05) is 13.8 Å². The van der Waals surface area contributed by atoms with Crippen LogP contribution in [0.15, 0.2) is 0 Å². The van der Waals surface area contributed by atoms with Crippen LogP contribution in [0.1, 0.15) is 40.5 Å². The Balaban J connectivity index is 3.62. The molecule has 0 aliphatic carbocycles.